The molecule has 8 heteroatoms. The van der Waals surface area contributed by atoms with Crippen molar-refractivity contribution >= 4 is 11.9 Å². The molecule has 0 bridgehead atoms. The van der Waals surface area contributed by atoms with Gasteiger partial charge < -0.3 is 10.4 Å². The van der Waals surface area contributed by atoms with E-state index in [9.17, 15) is 9.59 Å². The van der Waals surface area contributed by atoms with Gasteiger partial charge in [0.05, 0.1) is 6.20 Å². The molecule has 0 atom stereocenters. The number of aromatic carboxylic acids is 1. The van der Waals surface area contributed by atoms with Crippen molar-refractivity contribution in [1.82, 2.24) is 25.2 Å². The fraction of sp³-hybridized carbons (Fsp3) is 0.692. The molecule has 8 nitrogen and oxygen atoms in total. The van der Waals surface area contributed by atoms with Crippen LogP contribution in [0, 0.1) is 0 Å². The van der Waals surface area contributed by atoms with Gasteiger partial charge in [0.1, 0.15) is 6.54 Å². The molecule has 0 fully saturated rings. The number of nitrogens with zero attached hydrogens (tertiary/aromatic N) is 4. The third kappa shape index (κ3) is 5.50. The fourth-order valence-electron chi connectivity index (χ4n) is 2.11. The molecule has 0 aliphatic carbocycles. The maximum atomic E-state index is 11.7. The lowest BCUT2D eigenvalue weighted by Gasteiger charge is -2.30. The third-order valence-corrected chi connectivity index (χ3v) is 3.08. The first kappa shape index (κ1) is 17.1. The first-order chi connectivity index (χ1) is 9.81. The summed E-state index contributed by atoms with van der Waals surface area (Å²) in [6.45, 7) is 9.72. The zero-order valence-corrected chi connectivity index (χ0v) is 12.9. The molecule has 0 aromatic carbocycles. The lowest BCUT2D eigenvalue weighted by Crippen LogP contribution is -2.43. The van der Waals surface area contributed by atoms with Crippen LogP contribution in [0.1, 0.15) is 38.2 Å². The van der Waals surface area contributed by atoms with Gasteiger partial charge in [-0.2, -0.15) is 0 Å². The monoisotopic (exact) mass is 297 g/mol. The van der Waals surface area contributed by atoms with Crippen molar-refractivity contribution in [2.75, 3.05) is 13.1 Å². The van der Waals surface area contributed by atoms with Crippen molar-refractivity contribution in [3.8, 4) is 0 Å². The summed E-state index contributed by atoms with van der Waals surface area (Å²) in [6.07, 6.45) is 1.23. The summed E-state index contributed by atoms with van der Waals surface area (Å²) in [5.74, 6) is -1.38. The van der Waals surface area contributed by atoms with Gasteiger partial charge in [-0.25, -0.2) is 9.48 Å². The van der Waals surface area contributed by atoms with Crippen molar-refractivity contribution in [2.24, 2.45) is 0 Å². The zero-order chi connectivity index (χ0) is 16.0. The van der Waals surface area contributed by atoms with E-state index in [-0.39, 0.29) is 18.1 Å². The van der Waals surface area contributed by atoms with E-state index < -0.39 is 5.97 Å². The van der Waals surface area contributed by atoms with Crippen LogP contribution in [0.25, 0.3) is 0 Å². The molecule has 1 rings (SSSR count). The summed E-state index contributed by atoms with van der Waals surface area (Å²) < 4.78 is 1.21. The number of carboxylic acid groups (broad SMARTS) is 1. The SMILES string of the molecule is CC(C)N(CCNC(=O)Cn1cc(C(=O)O)nn1)C(C)C. The molecule has 1 aromatic heterocycles. The summed E-state index contributed by atoms with van der Waals surface area (Å²) in [5, 5.41) is 18.6. The Balaban J connectivity index is 2.38. The van der Waals surface area contributed by atoms with Crippen LogP contribution in [0.15, 0.2) is 6.20 Å². The van der Waals surface area contributed by atoms with Crippen LogP contribution in [-0.2, 0) is 11.3 Å². The topological polar surface area (TPSA) is 100 Å². The highest BCUT2D eigenvalue weighted by Gasteiger charge is 2.14. The average Bonchev–Trinajstić information content (AvgIpc) is 2.82. The maximum absolute atomic E-state index is 11.7. The Bertz CT molecular complexity index is 476. The molecule has 1 amide bonds. The number of hydrogen-bond donors (Lipinski definition) is 2. The highest BCUT2D eigenvalue weighted by Crippen LogP contribution is 2.03. The van der Waals surface area contributed by atoms with E-state index in [2.05, 4.69) is 48.2 Å². The number of carbonyl (C=O) groups is 2. The van der Waals surface area contributed by atoms with E-state index in [4.69, 9.17) is 5.11 Å². The Kier molecular flexibility index (Phi) is 6.29. The Hall–Kier alpha value is -1.96. The molecule has 0 saturated heterocycles. The van der Waals surface area contributed by atoms with Gasteiger partial charge in [0.2, 0.25) is 5.91 Å². The Morgan fingerprint density at radius 3 is 2.43 bits per heavy atom. The van der Waals surface area contributed by atoms with E-state index in [1.54, 1.807) is 0 Å². The van der Waals surface area contributed by atoms with E-state index in [1.165, 1.54) is 10.9 Å². The lowest BCUT2D eigenvalue weighted by atomic mass is 10.2. The first-order valence-corrected chi connectivity index (χ1v) is 6.97. The Morgan fingerprint density at radius 2 is 1.95 bits per heavy atom. The molecular weight excluding hydrogens is 274 g/mol. The van der Waals surface area contributed by atoms with E-state index in [0.717, 1.165) is 6.54 Å². The van der Waals surface area contributed by atoms with E-state index in [0.29, 0.717) is 18.6 Å². The number of carboxylic acids is 1. The highest BCUT2D eigenvalue weighted by atomic mass is 16.4. The summed E-state index contributed by atoms with van der Waals surface area (Å²) in [5.41, 5.74) is -0.173. The van der Waals surface area contributed by atoms with Gasteiger partial charge in [0.25, 0.3) is 0 Å². The molecule has 0 spiro atoms. The second kappa shape index (κ2) is 7.72. The largest absolute Gasteiger partial charge is 0.476 e. The van der Waals surface area contributed by atoms with Gasteiger partial charge in [-0.15, -0.1) is 5.10 Å². The van der Waals surface area contributed by atoms with E-state index >= 15 is 0 Å². The van der Waals surface area contributed by atoms with Crippen LogP contribution >= 0.6 is 0 Å². The predicted octanol–water partition coefficient (Wildman–Crippen LogP) is 0.211. The quantitative estimate of drug-likeness (QED) is 0.711. The van der Waals surface area contributed by atoms with Gasteiger partial charge in [-0.3, -0.25) is 9.69 Å². The molecule has 21 heavy (non-hydrogen) atoms. The molecule has 1 heterocycles. The first-order valence-electron chi connectivity index (χ1n) is 6.97. The smallest absolute Gasteiger partial charge is 0.358 e. The molecule has 118 valence electrons. The number of aromatic nitrogens is 3. The van der Waals surface area contributed by atoms with Crippen LogP contribution in [0.4, 0.5) is 0 Å². The van der Waals surface area contributed by atoms with Crippen molar-refractivity contribution in [2.45, 2.75) is 46.3 Å². The number of hydrogen-bond acceptors (Lipinski definition) is 5. The van der Waals surface area contributed by atoms with Crippen LogP contribution in [0.2, 0.25) is 0 Å². The second-order valence-corrected chi connectivity index (χ2v) is 5.38. The molecule has 0 aliphatic heterocycles. The zero-order valence-electron chi connectivity index (χ0n) is 12.9. The second-order valence-electron chi connectivity index (χ2n) is 5.38. The van der Waals surface area contributed by atoms with Crippen molar-refractivity contribution in [3.63, 3.8) is 0 Å². The molecule has 1 aromatic rings. The predicted molar refractivity (Wildman–Crippen MR) is 77.0 cm³/mol. The van der Waals surface area contributed by atoms with Crippen molar-refractivity contribution < 1.29 is 14.7 Å². The molecule has 2 N–H and O–H groups in total. The molecule has 0 saturated carbocycles. The molecule has 0 unspecified atom stereocenters. The standard InChI is InChI=1S/C13H23N5O3/c1-9(2)18(10(3)4)6-5-14-12(19)8-17-7-11(13(20)21)15-16-17/h7,9-10H,5-6,8H2,1-4H3,(H,14,19)(H,20,21). The number of amides is 1. The van der Waals surface area contributed by atoms with Crippen molar-refractivity contribution in [3.05, 3.63) is 11.9 Å². The number of nitrogens with one attached hydrogen (secondary N) is 1. The van der Waals surface area contributed by atoms with Crippen LogP contribution < -0.4 is 5.32 Å². The minimum Gasteiger partial charge on any atom is -0.476 e. The van der Waals surface area contributed by atoms with Gasteiger partial charge in [-0.05, 0) is 27.7 Å². The van der Waals surface area contributed by atoms with Crippen LogP contribution in [-0.4, -0.2) is 62.0 Å². The van der Waals surface area contributed by atoms with Crippen LogP contribution in [0.5, 0.6) is 0 Å². The summed E-state index contributed by atoms with van der Waals surface area (Å²) in [6, 6.07) is 0.825. The number of carbonyl (C=O) groups excluding carboxylic acids is 1. The lowest BCUT2D eigenvalue weighted by molar-refractivity contribution is -0.122. The van der Waals surface area contributed by atoms with Gasteiger partial charge >= 0.3 is 5.97 Å². The molecular formula is C13H23N5O3. The summed E-state index contributed by atoms with van der Waals surface area (Å²) in [7, 11) is 0. The normalized spacial score (nSPS) is 11.4. The minimum atomic E-state index is -1.16. The Labute approximate surface area is 124 Å². The Morgan fingerprint density at radius 1 is 1.33 bits per heavy atom. The van der Waals surface area contributed by atoms with Gasteiger partial charge in [-0.1, -0.05) is 5.21 Å². The minimum absolute atomic E-state index is 0.0381. The number of rotatable bonds is 8. The summed E-state index contributed by atoms with van der Waals surface area (Å²) >= 11 is 0. The van der Waals surface area contributed by atoms with Crippen molar-refractivity contribution in [1.29, 1.82) is 0 Å². The van der Waals surface area contributed by atoms with Gasteiger partial charge in [0.15, 0.2) is 5.69 Å². The molecule has 0 radical (unpaired) electrons. The molecule has 0 aliphatic rings. The van der Waals surface area contributed by atoms with Crippen LogP contribution in [0.3, 0.4) is 0 Å². The van der Waals surface area contributed by atoms with E-state index in [1.807, 2.05) is 0 Å². The summed E-state index contributed by atoms with van der Waals surface area (Å²) in [4.78, 5) is 24.7. The third-order valence-electron chi connectivity index (χ3n) is 3.08. The maximum Gasteiger partial charge on any atom is 0.358 e. The average molecular weight is 297 g/mol. The highest BCUT2D eigenvalue weighted by molar-refractivity contribution is 5.84. The fourth-order valence-corrected chi connectivity index (χ4v) is 2.11. The van der Waals surface area contributed by atoms with Gasteiger partial charge in [0, 0.05) is 25.2 Å².